The zero-order valence-electron chi connectivity index (χ0n) is 15.8. The Bertz CT molecular complexity index is 1120. The molecule has 0 aliphatic heterocycles. The quantitative estimate of drug-likeness (QED) is 0.380. The van der Waals surface area contributed by atoms with Gasteiger partial charge in [0.1, 0.15) is 29.9 Å². The smallest absolute Gasteiger partial charge is 0.254 e. The molecule has 4 rings (SSSR count). The summed E-state index contributed by atoms with van der Waals surface area (Å²) < 4.78 is 0. The van der Waals surface area contributed by atoms with E-state index in [1.807, 2.05) is 0 Å². The van der Waals surface area contributed by atoms with Gasteiger partial charge in [0.25, 0.3) is 5.91 Å². The Labute approximate surface area is 170 Å². The van der Waals surface area contributed by atoms with Gasteiger partial charge in [-0.25, -0.2) is 0 Å². The summed E-state index contributed by atoms with van der Waals surface area (Å²) in [6.07, 6.45) is 0.277. The van der Waals surface area contributed by atoms with Gasteiger partial charge < -0.3 is 36.4 Å². The first-order valence-corrected chi connectivity index (χ1v) is 9.09. The number of nitrogens with two attached hydrogens (primary N) is 1. The first kappa shape index (κ1) is 19.6. The fourth-order valence-electron chi connectivity index (χ4n) is 4.68. The summed E-state index contributed by atoms with van der Waals surface area (Å²) in [5.41, 5.74) is 1.28. The number of Topliss-reactive ketones (excluding diaryl/α,β-unsaturated/α-hetero) is 1. The molecule has 1 fully saturated rings. The Morgan fingerprint density at radius 1 is 1.30 bits per heavy atom. The molecule has 1 saturated carbocycles. The van der Waals surface area contributed by atoms with E-state index in [4.69, 9.17) is 16.0 Å². The Morgan fingerprint density at radius 3 is 2.63 bits per heavy atom. The Morgan fingerprint density at radius 2 is 2.00 bits per heavy atom. The molecule has 1 aromatic rings. The number of amides is 1. The summed E-state index contributed by atoms with van der Waals surface area (Å²) >= 11 is 0. The maximum Gasteiger partial charge on any atom is 0.254 e. The molecule has 0 saturated heterocycles. The lowest BCUT2D eigenvalue weighted by molar-refractivity contribution is -0.133. The second-order valence-electron chi connectivity index (χ2n) is 7.48. The van der Waals surface area contributed by atoms with E-state index in [0.717, 1.165) is 0 Å². The molecule has 0 unspecified atom stereocenters. The van der Waals surface area contributed by atoms with Crippen LogP contribution in [0.1, 0.15) is 17.5 Å². The van der Waals surface area contributed by atoms with Crippen LogP contribution in [0.25, 0.3) is 5.76 Å². The van der Waals surface area contributed by atoms with Crippen LogP contribution in [0, 0.1) is 17.2 Å². The molecule has 1 aromatic carbocycles. The molecule has 3 atom stereocenters. The molecular formula is C20H19N3O7. The molecule has 3 aliphatic carbocycles. The number of aliphatic hydroxyl groups is 3. The number of allylic oxidation sites excluding steroid dienone is 1. The normalized spacial score (nSPS) is 29.5. The first-order valence-electron chi connectivity index (χ1n) is 9.09. The van der Waals surface area contributed by atoms with E-state index in [9.17, 15) is 30.0 Å². The molecule has 156 valence electrons. The van der Waals surface area contributed by atoms with E-state index in [-0.39, 0.29) is 35.4 Å². The highest BCUT2D eigenvalue weighted by molar-refractivity contribution is 6.39. The number of hydrogen-bond donors (Lipinski definition) is 6. The van der Waals surface area contributed by atoms with Gasteiger partial charge in [-0.2, -0.15) is 0 Å². The van der Waals surface area contributed by atoms with E-state index in [2.05, 4.69) is 5.16 Å². The number of carbonyl (C=O) groups is 2. The first-order chi connectivity index (χ1) is 14.1. The lowest BCUT2D eigenvalue weighted by atomic mass is 9.58. The van der Waals surface area contributed by atoms with Crippen molar-refractivity contribution in [2.75, 3.05) is 7.11 Å². The number of hydrogen-bond acceptors (Lipinski definition) is 9. The Balaban J connectivity index is 1.97. The van der Waals surface area contributed by atoms with Gasteiger partial charge in [0.15, 0.2) is 11.4 Å². The van der Waals surface area contributed by atoms with Crippen LogP contribution in [0.4, 0.5) is 0 Å². The SMILES string of the molecule is CO/N=C1\C(O)=C(C(N)=O)C(=N)[C@@]2(O)C(=O)C3=C(O)c4c(O)cccc4C[C@H]3C[C@@H]12. The fraction of sp³-hybridized carbons (Fsp3) is 0.300. The van der Waals surface area contributed by atoms with Gasteiger partial charge in [-0.3, -0.25) is 9.59 Å². The molecule has 0 bridgehead atoms. The third kappa shape index (κ3) is 2.34. The third-order valence-electron chi connectivity index (χ3n) is 5.99. The summed E-state index contributed by atoms with van der Waals surface area (Å²) in [6, 6.07) is 4.66. The lowest BCUT2D eigenvalue weighted by Crippen LogP contribution is -2.64. The highest BCUT2D eigenvalue weighted by atomic mass is 16.6. The van der Waals surface area contributed by atoms with Crippen LogP contribution >= 0.6 is 0 Å². The molecule has 0 heterocycles. The van der Waals surface area contributed by atoms with Crippen molar-refractivity contribution in [2.45, 2.75) is 18.4 Å². The zero-order chi connectivity index (χ0) is 22.0. The highest BCUT2D eigenvalue weighted by Crippen LogP contribution is 2.50. The van der Waals surface area contributed by atoms with E-state index in [0.29, 0.717) is 5.56 Å². The number of phenolic OH excluding ortho intramolecular Hbond substituents is 1. The Hall–Kier alpha value is -3.66. The summed E-state index contributed by atoms with van der Waals surface area (Å²) in [4.78, 5) is 30.0. The van der Waals surface area contributed by atoms with Crippen molar-refractivity contribution in [3.63, 3.8) is 0 Å². The fourth-order valence-corrected chi connectivity index (χ4v) is 4.68. The van der Waals surface area contributed by atoms with Gasteiger partial charge >= 0.3 is 0 Å². The average Bonchev–Trinajstić information content (AvgIpc) is 2.67. The molecule has 0 aromatic heterocycles. The molecule has 0 radical (unpaired) electrons. The number of primary amides is 1. The van der Waals surface area contributed by atoms with Crippen molar-refractivity contribution >= 4 is 28.9 Å². The molecule has 10 heteroatoms. The van der Waals surface area contributed by atoms with Gasteiger partial charge in [-0.05, 0) is 30.4 Å². The molecule has 0 spiro atoms. The van der Waals surface area contributed by atoms with Gasteiger partial charge in [-0.1, -0.05) is 17.3 Å². The van der Waals surface area contributed by atoms with Crippen LogP contribution < -0.4 is 5.73 Å². The maximum absolute atomic E-state index is 13.4. The minimum atomic E-state index is -2.60. The van der Waals surface area contributed by atoms with Crippen molar-refractivity contribution in [1.82, 2.24) is 0 Å². The second-order valence-corrected chi connectivity index (χ2v) is 7.48. The number of ketones is 1. The van der Waals surface area contributed by atoms with Crippen molar-refractivity contribution < 1.29 is 34.9 Å². The standard InChI is InChI=1S/C20H19N3O7/c1-30-23-14-9-6-8-5-7-3-2-4-10(24)11(7)15(25)12(8)18(27)20(9,29)17(21)13(16(14)26)19(22)28/h2-4,8-9,21,24-26,29H,5-6H2,1H3,(H2,22,28)/b21-17?,23-14-/t8-,9-,20+/m0/s1. The van der Waals surface area contributed by atoms with Crippen molar-refractivity contribution in [1.29, 1.82) is 5.41 Å². The summed E-state index contributed by atoms with van der Waals surface area (Å²) in [6.45, 7) is 0. The van der Waals surface area contributed by atoms with E-state index >= 15 is 0 Å². The van der Waals surface area contributed by atoms with E-state index < -0.39 is 51.9 Å². The van der Waals surface area contributed by atoms with Crippen molar-refractivity contribution in [3.8, 4) is 5.75 Å². The van der Waals surface area contributed by atoms with Gasteiger partial charge in [-0.15, -0.1) is 0 Å². The highest BCUT2D eigenvalue weighted by Gasteiger charge is 2.62. The van der Waals surface area contributed by atoms with Crippen LogP contribution in [0.3, 0.4) is 0 Å². The van der Waals surface area contributed by atoms with Crippen LogP contribution in [0.5, 0.6) is 5.75 Å². The number of aliphatic hydroxyl groups excluding tert-OH is 2. The minimum absolute atomic E-state index is 0.0113. The number of fused-ring (bicyclic) bond motifs is 3. The number of nitrogens with zero attached hydrogens (tertiary/aromatic N) is 1. The number of oxime groups is 1. The molecular weight excluding hydrogens is 394 g/mol. The molecule has 1 amide bonds. The third-order valence-corrected chi connectivity index (χ3v) is 5.99. The van der Waals surface area contributed by atoms with Crippen molar-refractivity contribution in [2.24, 2.45) is 22.7 Å². The predicted octanol–water partition coefficient (Wildman–Crippen LogP) is 0.487. The lowest BCUT2D eigenvalue weighted by Gasteiger charge is -2.46. The minimum Gasteiger partial charge on any atom is -0.507 e. The number of rotatable bonds is 2. The van der Waals surface area contributed by atoms with E-state index in [1.54, 1.807) is 12.1 Å². The number of aromatic hydroxyl groups is 1. The summed E-state index contributed by atoms with van der Waals surface area (Å²) in [7, 11) is 1.19. The Kier molecular flexibility index (Phi) is 4.21. The number of nitrogens with one attached hydrogen (secondary N) is 1. The van der Waals surface area contributed by atoms with E-state index in [1.165, 1.54) is 13.2 Å². The van der Waals surface area contributed by atoms with Gasteiger partial charge in [0.2, 0.25) is 5.78 Å². The topological polar surface area (TPSA) is 187 Å². The van der Waals surface area contributed by atoms with Gasteiger partial charge in [0.05, 0.1) is 17.2 Å². The van der Waals surface area contributed by atoms with Gasteiger partial charge in [0, 0.05) is 5.57 Å². The molecule has 7 N–H and O–H groups in total. The number of carbonyl (C=O) groups excluding carboxylic acids is 2. The summed E-state index contributed by atoms with van der Waals surface area (Å²) in [5, 5.41) is 54.8. The average molecular weight is 413 g/mol. The van der Waals surface area contributed by atoms with Crippen molar-refractivity contribution in [3.05, 3.63) is 46.2 Å². The van der Waals surface area contributed by atoms with Crippen LogP contribution in [-0.4, -0.2) is 56.3 Å². The zero-order valence-corrected chi connectivity index (χ0v) is 15.8. The molecule has 30 heavy (non-hydrogen) atoms. The largest absolute Gasteiger partial charge is 0.507 e. The molecule has 10 nitrogen and oxygen atoms in total. The van der Waals surface area contributed by atoms with Crippen LogP contribution in [-0.2, 0) is 20.8 Å². The van der Waals surface area contributed by atoms with Crippen LogP contribution in [0.15, 0.2) is 40.3 Å². The number of phenols is 1. The predicted molar refractivity (Wildman–Crippen MR) is 104 cm³/mol. The maximum atomic E-state index is 13.4. The second kappa shape index (κ2) is 6.42. The number of benzene rings is 1. The van der Waals surface area contributed by atoms with Crippen LogP contribution in [0.2, 0.25) is 0 Å². The summed E-state index contributed by atoms with van der Waals surface area (Å²) in [5.74, 6) is -5.50. The monoisotopic (exact) mass is 413 g/mol. The molecule has 3 aliphatic rings.